The molecule has 5 aliphatic carbocycles. The van der Waals surface area contributed by atoms with E-state index in [1.807, 2.05) is 91.0 Å². The molecule has 1 aromatic heterocycles. The molecule has 5 heterocycles. The van der Waals surface area contributed by atoms with E-state index in [0.29, 0.717) is 126 Å². The zero-order valence-electron chi connectivity index (χ0n) is 67.8. The third-order valence-corrected chi connectivity index (χ3v) is 23.8. The highest BCUT2D eigenvalue weighted by atomic mass is 19.4. The largest absolute Gasteiger partial charge is 0.489 e. The Bertz CT molecular complexity index is 5460. The van der Waals surface area contributed by atoms with Gasteiger partial charge in [-0.05, 0) is 200 Å². The van der Waals surface area contributed by atoms with Crippen molar-refractivity contribution in [1.82, 2.24) is 14.8 Å². The Morgan fingerprint density at radius 2 is 0.952 bits per heavy atom. The number of alkyl halides is 5. The maximum Gasteiger partial charge on any atom is 0.392 e. The number of pyridine rings is 1. The molecule has 7 aromatic carbocycles. The molecule has 25 nitrogen and oxygen atoms in total. The van der Waals surface area contributed by atoms with Gasteiger partial charge in [-0.2, -0.15) is 34.2 Å². The van der Waals surface area contributed by atoms with Gasteiger partial charge in [-0.1, -0.05) is 54.6 Å². The average Bonchev–Trinajstić information content (AvgIpc) is 1.54. The van der Waals surface area contributed by atoms with E-state index < -0.39 is 67.4 Å². The van der Waals surface area contributed by atoms with Crippen LogP contribution in [0.5, 0.6) is 17.2 Å². The number of amides is 6. The predicted octanol–water partition coefficient (Wildman–Crippen LogP) is 14.0. The number of carbonyl (C=O) groups excluding carboxylic acids is 6. The van der Waals surface area contributed by atoms with Gasteiger partial charge in [0.05, 0.1) is 77.3 Å². The number of hydrogen-bond donors (Lipinski definition) is 7. The SMILES string of the molecule is N#Cc1cc(-c2cc(NC(=O)C3CC3)ccn2)ccc1OC1CCN(C(=O)CO)CC1.N#Cc1cc(-c2cccc(NC(=O)C3CC34CC4)c2)ccc1OC1CCOCC1.N#Cc1cc(-c2cccc(NC(=O)C3CC3C(F)(F)F)c2)ccc1O[C@H]1CCN(C(=O)CO)C[C@H]1F.N#Cc1cc(-c2cccc(NC(=O)[C@H]3C[C@H]3F)c2)ccc1N1CCC(O)CC1. The number of ether oxygens (including phenoxy) is 4. The summed E-state index contributed by atoms with van der Waals surface area (Å²) in [7, 11) is 0. The van der Waals surface area contributed by atoms with Crippen molar-refractivity contribution in [3.8, 4) is 86.2 Å². The van der Waals surface area contributed by atoms with Crippen LogP contribution in [0.3, 0.4) is 0 Å². The zero-order valence-corrected chi connectivity index (χ0v) is 67.8. The number of halogens is 5. The molecule has 1 spiro atoms. The van der Waals surface area contributed by atoms with E-state index in [4.69, 9.17) is 29.2 Å². The molecular weight excluding hydrogens is 1600 g/mol. The molecule has 4 saturated heterocycles. The second-order valence-corrected chi connectivity index (χ2v) is 32.6. The molecule has 7 atom stereocenters. The normalized spacial score (nSPS) is 21.0. The van der Waals surface area contributed by atoms with Gasteiger partial charge in [0, 0.05) is 111 Å². The fraction of sp³-hybridized carbons (Fsp3) is 0.394. The number of carbonyl (C=O) groups is 6. The van der Waals surface area contributed by atoms with Crippen LogP contribution in [0.15, 0.2) is 164 Å². The van der Waals surface area contributed by atoms with Gasteiger partial charge in [0.1, 0.15) is 79.2 Å². The van der Waals surface area contributed by atoms with E-state index >= 15 is 0 Å². The molecule has 6 amide bonds. The summed E-state index contributed by atoms with van der Waals surface area (Å²) in [5.41, 5.74) is 11.6. The molecule has 0 radical (unpaired) electrons. The highest BCUT2D eigenvalue weighted by Crippen LogP contribution is 2.70. The Balaban J connectivity index is 0.000000135. The van der Waals surface area contributed by atoms with Crippen LogP contribution in [0.1, 0.15) is 112 Å². The van der Waals surface area contributed by atoms with Gasteiger partial charge < -0.3 is 70.2 Å². The van der Waals surface area contributed by atoms with Crippen LogP contribution >= 0.6 is 0 Å². The molecule has 4 aliphatic heterocycles. The van der Waals surface area contributed by atoms with Gasteiger partial charge in [-0.3, -0.25) is 33.8 Å². The van der Waals surface area contributed by atoms with Crippen LogP contribution in [0.4, 0.5) is 50.4 Å². The lowest BCUT2D eigenvalue weighted by atomic mass is 10.00. The van der Waals surface area contributed by atoms with Crippen molar-refractivity contribution in [2.75, 3.05) is 91.9 Å². The Morgan fingerprint density at radius 3 is 1.44 bits per heavy atom. The van der Waals surface area contributed by atoms with Crippen molar-refractivity contribution < 1.29 is 85.0 Å². The quantitative estimate of drug-likeness (QED) is 0.0329. The number of aliphatic hydroxyl groups excluding tert-OH is 3. The number of benzene rings is 7. The fourth-order valence-electron chi connectivity index (χ4n) is 15.8. The highest BCUT2D eigenvalue weighted by Gasteiger charge is 2.66. The first-order valence-corrected chi connectivity index (χ1v) is 41.7. The summed E-state index contributed by atoms with van der Waals surface area (Å²) in [6, 6.07) is 55.4. The van der Waals surface area contributed by atoms with Gasteiger partial charge in [-0.25, -0.2) is 8.78 Å². The maximum absolute atomic E-state index is 14.6. The first-order valence-electron chi connectivity index (χ1n) is 41.7. The van der Waals surface area contributed by atoms with Crippen LogP contribution < -0.4 is 40.4 Å². The summed E-state index contributed by atoms with van der Waals surface area (Å²) in [4.78, 5) is 81.1. The van der Waals surface area contributed by atoms with Gasteiger partial charge in [0.15, 0.2) is 6.17 Å². The molecule has 8 aromatic rings. The monoisotopic (exact) mass is 1690 g/mol. The van der Waals surface area contributed by atoms with Gasteiger partial charge in [-0.15, -0.1) is 0 Å². The van der Waals surface area contributed by atoms with E-state index in [0.717, 1.165) is 84.4 Å². The van der Waals surface area contributed by atoms with Crippen LogP contribution in [-0.2, 0) is 33.5 Å². The molecule has 7 N–H and O–H groups in total. The van der Waals surface area contributed by atoms with Crippen LogP contribution in [-0.4, -0.2) is 174 Å². The molecule has 17 rings (SSSR count). The van der Waals surface area contributed by atoms with E-state index in [-0.39, 0.29) is 91.0 Å². The van der Waals surface area contributed by atoms with Crippen molar-refractivity contribution in [2.45, 2.75) is 133 Å². The van der Waals surface area contributed by atoms with Gasteiger partial charge in [0.25, 0.3) is 0 Å². The van der Waals surface area contributed by atoms with E-state index in [2.05, 4.69) is 49.4 Å². The lowest BCUT2D eigenvalue weighted by molar-refractivity contribution is -0.153. The minimum absolute atomic E-state index is 0.0327. The highest BCUT2D eigenvalue weighted by molar-refractivity contribution is 5.98. The van der Waals surface area contributed by atoms with Crippen molar-refractivity contribution in [1.29, 1.82) is 21.0 Å². The minimum atomic E-state index is -4.39. The third kappa shape index (κ3) is 22.3. The first-order chi connectivity index (χ1) is 59.9. The van der Waals surface area contributed by atoms with E-state index in [9.17, 15) is 76.9 Å². The number of hydrogen-bond acceptors (Lipinski definition) is 19. The number of rotatable bonds is 21. The first kappa shape index (κ1) is 87.5. The van der Waals surface area contributed by atoms with Crippen LogP contribution in [0.2, 0.25) is 0 Å². The molecular formula is C94H93F5N12O13. The lowest BCUT2D eigenvalue weighted by Gasteiger charge is -2.34. The zero-order chi connectivity index (χ0) is 87.3. The Hall–Kier alpha value is -12.8. The van der Waals surface area contributed by atoms with Crippen LogP contribution in [0, 0.1) is 80.3 Å². The summed E-state index contributed by atoms with van der Waals surface area (Å²) < 4.78 is 89.1. The average molecular weight is 1690 g/mol. The summed E-state index contributed by atoms with van der Waals surface area (Å²) in [5, 5.41) is 77.3. The summed E-state index contributed by atoms with van der Waals surface area (Å²) >= 11 is 0. The smallest absolute Gasteiger partial charge is 0.392 e. The van der Waals surface area contributed by atoms with Crippen molar-refractivity contribution in [3.63, 3.8) is 0 Å². The number of piperidine rings is 3. The predicted molar refractivity (Wildman–Crippen MR) is 449 cm³/mol. The molecule has 30 heteroatoms. The van der Waals surface area contributed by atoms with E-state index in [1.54, 1.807) is 71.8 Å². The number of aliphatic hydroxyl groups is 3. The maximum atomic E-state index is 14.6. The Morgan fingerprint density at radius 1 is 0.492 bits per heavy atom. The summed E-state index contributed by atoms with van der Waals surface area (Å²) in [6.07, 6.45) is 3.55. The summed E-state index contributed by atoms with van der Waals surface area (Å²) in [5.74, 6) is -3.28. The number of likely N-dealkylation sites (tertiary alicyclic amines) is 2. The minimum Gasteiger partial charge on any atom is -0.489 e. The number of nitriles is 4. The standard InChI is InChI=1S/C25H23F4N3O4.C24H24N2O3.C23H24N4O4.C22H22FN3O2/c26-20-12-32(23(34)13-33)7-6-22(20)36-21-5-4-15(8-16(21)11-30)14-2-1-3-17(9-14)31-24(35)18-10-19(18)25(27,28)29;25-15-18-12-17(4-5-22(18)29-20-6-10-28-11-7-20)16-2-1-3-19(13-16)26-23(27)21-14-24(21)8-9-24;24-13-17-11-16(20-12-18(5-8-25-20)26-23(30)15-1-2-15)3-4-21(17)31-19-6-9-27(10-7-19)22(29)14-28;23-20-12-19(20)22(28)25-17-3-1-2-14(11-17)15-4-5-21(16(10-15)13-24)26-8-6-18(27)7-9-26/h1-5,8-9,18-20,22,33H,6-7,10,12-13H2,(H,31,35);1-5,12-13,20-21H,6-11,14H2,(H,26,27);3-5,8,11-12,15,19,28H,1-2,6-7,9-10,14H2,(H,25,26,30);1-5,10-11,18-20,27H,6-9,12H2,(H,25,28)/t18?,19?,20-,22+;;;19-,20+/m1..0/s1. The molecule has 5 saturated carbocycles. The van der Waals surface area contributed by atoms with Crippen molar-refractivity contribution in [3.05, 3.63) is 186 Å². The molecule has 9 fully saturated rings. The van der Waals surface area contributed by atoms with Crippen molar-refractivity contribution in [2.24, 2.45) is 35.0 Å². The molecule has 124 heavy (non-hydrogen) atoms. The third-order valence-electron chi connectivity index (χ3n) is 23.8. The second kappa shape index (κ2) is 39.1. The second-order valence-electron chi connectivity index (χ2n) is 32.6. The molecule has 3 unspecified atom stereocenters. The molecule has 9 aliphatic rings. The van der Waals surface area contributed by atoms with E-state index in [1.165, 1.54) is 29.9 Å². The number of aromatic nitrogens is 1. The molecule has 0 bridgehead atoms. The summed E-state index contributed by atoms with van der Waals surface area (Å²) in [6.45, 7) is 2.72. The lowest BCUT2D eigenvalue weighted by Crippen LogP contribution is -2.50. The van der Waals surface area contributed by atoms with Gasteiger partial charge in [0.2, 0.25) is 35.4 Å². The number of anilines is 5. The van der Waals surface area contributed by atoms with Gasteiger partial charge >= 0.3 is 6.18 Å². The number of nitrogens with zero attached hydrogens (tertiary/aromatic N) is 8. The topological polar surface area (TPSA) is 366 Å². The number of nitrogens with one attached hydrogen (secondary N) is 4. The van der Waals surface area contributed by atoms with Crippen molar-refractivity contribution >= 4 is 63.9 Å². The van der Waals surface area contributed by atoms with Crippen LogP contribution in [0.25, 0.3) is 44.6 Å². The Labute approximate surface area is 713 Å². The molecule has 642 valence electrons. The Kier molecular flexibility index (Phi) is 27.6. The fourth-order valence-corrected chi connectivity index (χ4v) is 15.8.